The first-order chi connectivity index (χ1) is 9.97. The highest BCUT2D eigenvalue weighted by atomic mass is 32.2. The maximum atomic E-state index is 12.2. The standard InChI is InChI=1S/C15H24N2O3S/c1-12(2)20-9-8-17-21(18,19)15-5-3-4-13(10-15)11-16-14-6-7-14/h3-5,10,12,14,16-17H,6-9,11H2,1-2H3. The predicted molar refractivity (Wildman–Crippen MR) is 82.6 cm³/mol. The molecular weight excluding hydrogens is 288 g/mol. The van der Waals surface area contributed by atoms with Crippen molar-refractivity contribution in [2.75, 3.05) is 13.2 Å². The zero-order valence-electron chi connectivity index (χ0n) is 12.6. The fourth-order valence-electron chi connectivity index (χ4n) is 1.93. The van der Waals surface area contributed by atoms with E-state index in [2.05, 4.69) is 10.0 Å². The molecular formula is C15H24N2O3S. The van der Waals surface area contributed by atoms with E-state index in [1.54, 1.807) is 18.2 Å². The van der Waals surface area contributed by atoms with Crippen LogP contribution in [0.1, 0.15) is 32.3 Å². The van der Waals surface area contributed by atoms with Crippen molar-refractivity contribution in [1.29, 1.82) is 0 Å². The Morgan fingerprint density at radius 1 is 1.33 bits per heavy atom. The van der Waals surface area contributed by atoms with Gasteiger partial charge in [-0.25, -0.2) is 13.1 Å². The molecule has 0 unspecified atom stereocenters. The number of nitrogens with one attached hydrogen (secondary N) is 2. The summed E-state index contributed by atoms with van der Waals surface area (Å²) in [6.45, 7) is 5.21. The van der Waals surface area contributed by atoms with Crippen LogP contribution in [0.4, 0.5) is 0 Å². The molecule has 6 heteroatoms. The fourth-order valence-corrected chi connectivity index (χ4v) is 3.01. The van der Waals surface area contributed by atoms with Crippen molar-refractivity contribution in [2.45, 2.75) is 50.3 Å². The number of ether oxygens (including phenoxy) is 1. The lowest BCUT2D eigenvalue weighted by Crippen LogP contribution is -2.28. The van der Waals surface area contributed by atoms with Crippen molar-refractivity contribution in [3.63, 3.8) is 0 Å². The SMILES string of the molecule is CC(C)OCCNS(=O)(=O)c1cccc(CNC2CC2)c1. The molecule has 2 rings (SSSR count). The molecule has 1 aliphatic rings. The summed E-state index contributed by atoms with van der Waals surface area (Å²) in [6, 6.07) is 7.67. The third kappa shape index (κ3) is 5.74. The summed E-state index contributed by atoms with van der Waals surface area (Å²) in [5.74, 6) is 0. The van der Waals surface area contributed by atoms with Gasteiger partial charge in [-0.15, -0.1) is 0 Å². The molecule has 0 atom stereocenters. The van der Waals surface area contributed by atoms with Gasteiger partial charge >= 0.3 is 0 Å². The summed E-state index contributed by atoms with van der Waals surface area (Å²) in [4.78, 5) is 0.308. The van der Waals surface area contributed by atoms with Gasteiger partial charge in [-0.3, -0.25) is 0 Å². The van der Waals surface area contributed by atoms with Crippen LogP contribution in [0.5, 0.6) is 0 Å². The molecule has 0 heterocycles. The van der Waals surface area contributed by atoms with Gasteiger partial charge in [0.1, 0.15) is 0 Å². The van der Waals surface area contributed by atoms with Gasteiger partial charge in [0, 0.05) is 19.1 Å². The van der Waals surface area contributed by atoms with Gasteiger partial charge in [0.05, 0.1) is 17.6 Å². The minimum atomic E-state index is -3.46. The third-order valence-electron chi connectivity index (χ3n) is 3.23. The van der Waals surface area contributed by atoms with Crippen LogP contribution in [-0.2, 0) is 21.3 Å². The molecule has 0 spiro atoms. The van der Waals surface area contributed by atoms with Crippen molar-refractivity contribution in [3.05, 3.63) is 29.8 Å². The molecule has 1 aromatic carbocycles. The van der Waals surface area contributed by atoms with E-state index in [4.69, 9.17) is 4.74 Å². The van der Waals surface area contributed by atoms with Gasteiger partial charge in [0.2, 0.25) is 10.0 Å². The van der Waals surface area contributed by atoms with E-state index in [-0.39, 0.29) is 12.6 Å². The summed E-state index contributed by atoms with van der Waals surface area (Å²) in [7, 11) is -3.46. The summed E-state index contributed by atoms with van der Waals surface area (Å²) >= 11 is 0. The van der Waals surface area contributed by atoms with Crippen molar-refractivity contribution in [1.82, 2.24) is 10.0 Å². The van der Waals surface area contributed by atoms with Crippen LogP contribution in [0.3, 0.4) is 0 Å². The van der Waals surface area contributed by atoms with E-state index in [0.29, 0.717) is 24.1 Å². The fraction of sp³-hybridized carbons (Fsp3) is 0.600. The van der Waals surface area contributed by atoms with E-state index >= 15 is 0 Å². The van der Waals surface area contributed by atoms with Crippen molar-refractivity contribution in [2.24, 2.45) is 0 Å². The van der Waals surface area contributed by atoms with E-state index in [9.17, 15) is 8.42 Å². The number of hydrogen-bond acceptors (Lipinski definition) is 4. The zero-order chi connectivity index (χ0) is 15.3. The molecule has 21 heavy (non-hydrogen) atoms. The maximum Gasteiger partial charge on any atom is 0.240 e. The highest BCUT2D eigenvalue weighted by molar-refractivity contribution is 7.89. The minimum absolute atomic E-state index is 0.103. The van der Waals surface area contributed by atoms with E-state index in [1.807, 2.05) is 19.9 Å². The van der Waals surface area contributed by atoms with Crippen LogP contribution in [-0.4, -0.2) is 33.7 Å². The van der Waals surface area contributed by atoms with Crippen molar-refractivity contribution >= 4 is 10.0 Å². The largest absolute Gasteiger partial charge is 0.377 e. The number of hydrogen-bond donors (Lipinski definition) is 2. The average molecular weight is 312 g/mol. The molecule has 0 bridgehead atoms. The lowest BCUT2D eigenvalue weighted by atomic mass is 10.2. The van der Waals surface area contributed by atoms with Crippen LogP contribution in [0.15, 0.2) is 29.2 Å². The molecule has 118 valence electrons. The van der Waals surface area contributed by atoms with E-state index < -0.39 is 10.0 Å². The molecule has 1 aliphatic carbocycles. The summed E-state index contributed by atoms with van der Waals surface area (Å²) in [5.41, 5.74) is 0.989. The minimum Gasteiger partial charge on any atom is -0.377 e. The highest BCUT2D eigenvalue weighted by Gasteiger charge is 2.20. The van der Waals surface area contributed by atoms with Crippen molar-refractivity contribution < 1.29 is 13.2 Å². The van der Waals surface area contributed by atoms with Crippen LogP contribution < -0.4 is 10.0 Å². The Hall–Kier alpha value is -0.950. The van der Waals surface area contributed by atoms with E-state index in [1.165, 1.54) is 12.8 Å². The monoisotopic (exact) mass is 312 g/mol. The second kappa shape index (κ2) is 7.35. The van der Waals surface area contributed by atoms with Gasteiger partial charge in [0.25, 0.3) is 0 Å². The predicted octanol–water partition coefficient (Wildman–Crippen LogP) is 1.64. The van der Waals surface area contributed by atoms with Crippen LogP contribution in [0.2, 0.25) is 0 Å². The molecule has 1 saturated carbocycles. The Morgan fingerprint density at radius 2 is 2.10 bits per heavy atom. The second-order valence-electron chi connectivity index (χ2n) is 5.62. The number of rotatable bonds is 9. The normalized spacial score (nSPS) is 15.6. The molecule has 2 N–H and O–H groups in total. The van der Waals surface area contributed by atoms with Gasteiger partial charge in [-0.05, 0) is 44.4 Å². The number of sulfonamides is 1. The van der Waals surface area contributed by atoms with E-state index in [0.717, 1.165) is 5.56 Å². The van der Waals surface area contributed by atoms with Crippen LogP contribution in [0.25, 0.3) is 0 Å². The zero-order valence-corrected chi connectivity index (χ0v) is 13.4. The lowest BCUT2D eigenvalue weighted by Gasteiger charge is -2.10. The molecule has 1 fully saturated rings. The molecule has 0 aliphatic heterocycles. The van der Waals surface area contributed by atoms with Gasteiger partial charge in [0.15, 0.2) is 0 Å². The molecule has 0 radical (unpaired) electrons. The summed E-state index contributed by atoms with van der Waals surface area (Å²) in [5, 5.41) is 3.38. The van der Waals surface area contributed by atoms with Crippen molar-refractivity contribution in [3.8, 4) is 0 Å². The average Bonchev–Trinajstić information content (AvgIpc) is 3.26. The molecule has 1 aromatic rings. The first kappa shape index (κ1) is 16.4. The second-order valence-corrected chi connectivity index (χ2v) is 7.39. The highest BCUT2D eigenvalue weighted by Crippen LogP contribution is 2.19. The van der Waals surface area contributed by atoms with Gasteiger partial charge in [-0.1, -0.05) is 12.1 Å². The Bertz CT molecular complexity index is 554. The van der Waals surface area contributed by atoms with Gasteiger partial charge < -0.3 is 10.1 Å². The first-order valence-corrected chi connectivity index (χ1v) is 8.89. The van der Waals surface area contributed by atoms with Gasteiger partial charge in [-0.2, -0.15) is 0 Å². The third-order valence-corrected chi connectivity index (χ3v) is 4.68. The molecule has 0 saturated heterocycles. The Morgan fingerprint density at radius 3 is 2.76 bits per heavy atom. The Kier molecular flexibility index (Phi) is 5.75. The first-order valence-electron chi connectivity index (χ1n) is 7.41. The van der Waals surface area contributed by atoms with Crippen LogP contribution >= 0.6 is 0 Å². The Balaban J connectivity index is 1.90. The summed E-state index contributed by atoms with van der Waals surface area (Å²) in [6.07, 6.45) is 2.54. The lowest BCUT2D eigenvalue weighted by molar-refractivity contribution is 0.0834. The van der Waals surface area contributed by atoms with Crippen LogP contribution in [0, 0.1) is 0 Å². The molecule has 0 aromatic heterocycles. The molecule has 5 nitrogen and oxygen atoms in total. The summed E-state index contributed by atoms with van der Waals surface area (Å²) < 4.78 is 32.3. The smallest absolute Gasteiger partial charge is 0.240 e. The quantitative estimate of drug-likeness (QED) is 0.680. The topological polar surface area (TPSA) is 67.4 Å². The molecule has 0 amide bonds. The Labute approximate surface area is 127 Å². The number of benzene rings is 1. The maximum absolute atomic E-state index is 12.2.